The average Bonchev–Trinajstić information content (AvgIpc) is 2.84. The molecule has 0 spiro atoms. The topological polar surface area (TPSA) is 79.4 Å². The van der Waals surface area contributed by atoms with E-state index in [2.05, 4.69) is 56.7 Å². The maximum absolute atomic E-state index is 12.8. The molecule has 0 saturated carbocycles. The van der Waals surface area contributed by atoms with E-state index >= 15 is 0 Å². The number of amides is 1. The third-order valence-corrected chi connectivity index (χ3v) is 5.70. The minimum Gasteiger partial charge on any atom is -0.495 e. The number of carbonyl (C=O) groups excluding carboxylic acids is 1. The van der Waals surface area contributed by atoms with E-state index in [1.807, 2.05) is 30.3 Å². The Labute approximate surface area is 188 Å². The van der Waals surface area contributed by atoms with Gasteiger partial charge in [0.05, 0.1) is 18.7 Å². The summed E-state index contributed by atoms with van der Waals surface area (Å²) in [6, 6.07) is 17.8. The van der Waals surface area contributed by atoms with Crippen LogP contribution in [-0.4, -0.2) is 36.1 Å². The number of rotatable bonds is 7. The van der Waals surface area contributed by atoms with Gasteiger partial charge in [0.1, 0.15) is 11.6 Å². The molecule has 32 heavy (non-hydrogen) atoms. The van der Waals surface area contributed by atoms with Crippen LogP contribution in [0.25, 0.3) is 0 Å². The first-order valence-corrected chi connectivity index (χ1v) is 10.9. The summed E-state index contributed by atoms with van der Waals surface area (Å²) in [5.41, 5.74) is 3.13. The number of methoxy groups -OCH3 is 1. The van der Waals surface area contributed by atoms with Crippen LogP contribution < -0.4 is 20.3 Å². The van der Waals surface area contributed by atoms with Crippen molar-refractivity contribution in [2.24, 2.45) is 5.92 Å². The highest BCUT2D eigenvalue weighted by Gasteiger charge is 2.26. The molecule has 1 saturated heterocycles. The van der Waals surface area contributed by atoms with Crippen molar-refractivity contribution in [3.8, 4) is 5.75 Å². The van der Waals surface area contributed by atoms with Gasteiger partial charge < -0.3 is 20.3 Å². The number of aromatic nitrogens is 2. The summed E-state index contributed by atoms with van der Waals surface area (Å²) in [6.45, 7) is 4.12. The van der Waals surface area contributed by atoms with Crippen LogP contribution in [0.4, 0.5) is 17.5 Å². The maximum atomic E-state index is 12.8. The largest absolute Gasteiger partial charge is 0.495 e. The van der Waals surface area contributed by atoms with Crippen LogP contribution in [0.1, 0.15) is 24.0 Å². The number of nitrogens with one attached hydrogen (secondary N) is 2. The van der Waals surface area contributed by atoms with Gasteiger partial charge in [-0.15, -0.1) is 0 Å². The molecule has 7 nitrogen and oxygen atoms in total. The molecule has 1 amide bonds. The Balaban J connectivity index is 1.39. The fourth-order valence-electron chi connectivity index (χ4n) is 3.89. The van der Waals surface area contributed by atoms with Crippen molar-refractivity contribution < 1.29 is 9.53 Å². The molecule has 2 aromatic carbocycles. The first kappa shape index (κ1) is 21.6. The normalized spacial score (nSPS) is 15.8. The zero-order valence-electron chi connectivity index (χ0n) is 18.5. The smallest absolute Gasteiger partial charge is 0.229 e. The maximum Gasteiger partial charge on any atom is 0.229 e. The quantitative estimate of drug-likeness (QED) is 0.587. The second-order valence-corrected chi connectivity index (χ2v) is 8.05. The molecule has 1 atom stereocenters. The molecule has 1 aliphatic rings. The Morgan fingerprint density at radius 1 is 1.16 bits per heavy atom. The molecule has 1 aliphatic heterocycles. The van der Waals surface area contributed by atoms with Gasteiger partial charge in [0.25, 0.3) is 0 Å². The van der Waals surface area contributed by atoms with Gasteiger partial charge >= 0.3 is 0 Å². The molecule has 166 valence electrons. The van der Waals surface area contributed by atoms with Crippen LogP contribution in [0.5, 0.6) is 5.75 Å². The standard InChI is InChI=1S/C25H29N5O2/c1-18-9-11-19(12-10-18)16-27-24(31)20-6-5-15-30(17-20)23-13-14-26-25(29-23)28-21-7-3-4-8-22(21)32-2/h3-4,7-14,20H,5-6,15-17H2,1-2H3,(H,27,31)(H,26,28,29)/t20-/m0/s1. The van der Waals surface area contributed by atoms with E-state index in [0.717, 1.165) is 42.2 Å². The SMILES string of the molecule is COc1ccccc1Nc1nccc(N2CCC[C@H](C(=O)NCc3ccc(C)cc3)C2)n1. The fourth-order valence-corrected chi connectivity index (χ4v) is 3.89. The van der Waals surface area contributed by atoms with E-state index in [1.54, 1.807) is 13.3 Å². The number of ether oxygens (including phenoxy) is 1. The van der Waals surface area contributed by atoms with Crippen molar-refractivity contribution in [3.63, 3.8) is 0 Å². The second kappa shape index (κ2) is 10.1. The zero-order valence-corrected chi connectivity index (χ0v) is 18.5. The molecule has 0 radical (unpaired) electrons. The number of anilines is 3. The summed E-state index contributed by atoms with van der Waals surface area (Å²) < 4.78 is 5.39. The van der Waals surface area contributed by atoms with Gasteiger partial charge in [0.15, 0.2) is 0 Å². The van der Waals surface area contributed by atoms with E-state index < -0.39 is 0 Å². The lowest BCUT2D eigenvalue weighted by atomic mass is 9.97. The Morgan fingerprint density at radius 3 is 2.78 bits per heavy atom. The summed E-state index contributed by atoms with van der Waals surface area (Å²) in [5.74, 6) is 2.07. The number of aryl methyl sites for hydroxylation is 1. The van der Waals surface area contributed by atoms with E-state index in [4.69, 9.17) is 4.74 Å². The van der Waals surface area contributed by atoms with Gasteiger partial charge in [-0.05, 0) is 43.5 Å². The first-order valence-electron chi connectivity index (χ1n) is 10.9. The fraction of sp³-hybridized carbons (Fsp3) is 0.320. The predicted octanol–water partition coefficient (Wildman–Crippen LogP) is 4.07. The summed E-state index contributed by atoms with van der Waals surface area (Å²) in [7, 11) is 1.63. The van der Waals surface area contributed by atoms with Crippen LogP contribution >= 0.6 is 0 Å². The second-order valence-electron chi connectivity index (χ2n) is 8.05. The molecular weight excluding hydrogens is 402 g/mol. The minimum atomic E-state index is -0.0604. The number of hydrogen-bond acceptors (Lipinski definition) is 6. The van der Waals surface area contributed by atoms with Crippen LogP contribution in [0.2, 0.25) is 0 Å². The summed E-state index contributed by atoms with van der Waals surface area (Å²) >= 11 is 0. The lowest BCUT2D eigenvalue weighted by Gasteiger charge is -2.33. The minimum absolute atomic E-state index is 0.0604. The lowest BCUT2D eigenvalue weighted by molar-refractivity contribution is -0.125. The van der Waals surface area contributed by atoms with E-state index in [-0.39, 0.29) is 11.8 Å². The van der Waals surface area contributed by atoms with Gasteiger partial charge in [0, 0.05) is 25.8 Å². The molecule has 0 unspecified atom stereocenters. The monoisotopic (exact) mass is 431 g/mol. The van der Waals surface area contributed by atoms with Gasteiger partial charge in [-0.25, -0.2) is 4.98 Å². The Morgan fingerprint density at radius 2 is 1.97 bits per heavy atom. The molecule has 4 rings (SSSR count). The van der Waals surface area contributed by atoms with Crippen LogP contribution in [0.3, 0.4) is 0 Å². The van der Waals surface area contributed by atoms with Crippen molar-refractivity contribution in [3.05, 3.63) is 71.9 Å². The summed E-state index contributed by atoms with van der Waals surface area (Å²) in [6.07, 6.45) is 3.57. The van der Waals surface area contributed by atoms with Gasteiger partial charge in [-0.3, -0.25) is 4.79 Å². The lowest BCUT2D eigenvalue weighted by Crippen LogP contribution is -2.43. The highest BCUT2D eigenvalue weighted by atomic mass is 16.5. The number of nitrogens with zero attached hydrogens (tertiary/aromatic N) is 3. The number of para-hydroxylation sites is 2. The Bertz CT molecular complexity index is 1050. The van der Waals surface area contributed by atoms with Crippen molar-refractivity contribution in [1.29, 1.82) is 0 Å². The molecule has 1 fully saturated rings. The molecule has 7 heteroatoms. The first-order chi connectivity index (χ1) is 15.6. The van der Waals surface area contributed by atoms with E-state index in [0.29, 0.717) is 19.0 Å². The number of carbonyl (C=O) groups is 1. The molecule has 1 aromatic heterocycles. The van der Waals surface area contributed by atoms with Gasteiger partial charge in [0.2, 0.25) is 11.9 Å². The van der Waals surface area contributed by atoms with Crippen molar-refractivity contribution >= 4 is 23.4 Å². The number of piperidine rings is 1. The van der Waals surface area contributed by atoms with Crippen LogP contribution in [0, 0.1) is 12.8 Å². The van der Waals surface area contributed by atoms with E-state index in [1.165, 1.54) is 5.56 Å². The molecule has 0 aliphatic carbocycles. The highest BCUT2D eigenvalue weighted by Crippen LogP contribution is 2.27. The summed E-state index contributed by atoms with van der Waals surface area (Å²) in [5, 5.41) is 6.32. The number of hydrogen-bond donors (Lipinski definition) is 2. The van der Waals surface area contributed by atoms with Crippen molar-refractivity contribution in [1.82, 2.24) is 15.3 Å². The third kappa shape index (κ3) is 5.35. The van der Waals surface area contributed by atoms with Crippen molar-refractivity contribution in [2.75, 3.05) is 30.4 Å². The molecule has 0 bridgehead atoms. The Hall–Kier alpha value is -3.61. The number of benzene rings is 2. The summed E-state index contributed by atoms with van der Waals surface area (Å²) in [4.78, 5) is 24.0. The van der Waals surface area contributed by atoms with E-state index in [9.17, 15) is 4.79 Å². The van der Waals surface area contributed by atoms with Crippen LogP contribution in [-0.2, 0) is 11.3 Å². The highest BCUT2D eigenvalue weighted by molar-refractivity contribution is 5.79. The molecular formula is C25H29N5O2. The Kier molecular flexibility index (Phi) is 6.84. The molecule has 2 N–H and O–H groups in total. The predicted molar refractivity (Wildman–Crippen MR) is 126 cm³/mol. The van der Waals surface area contributed by atoms with Crippen LogP contribution in [0.15, 0.2) is 60.8 Å². The molecule has 2 heterocycles. The van der Waals surface area contributed by atoms with Gasteiger partial charge in [-0.2, -0.15) is 4.98 Å². The molecule has 3 aromatic rings. The third-order valence-electron chi connectivity index (χ3n) is 5.70. The van der Waals surface area contributed by atoms with Gasteiger partial charge in [-0.1, -0.05) is 42.0 Å². The zero-order chi connectivity index (χ0) is 22.3. The van der Waals surface area contributed by atoms with Crippen molar-refractivity contribution in [2.45, 2.75) is 26.3 Å². The average molecular weight is 432 g/mol.